The highest BCUT2D eigenvalue weighted by Gasteiger charge is 2.35. The number of nitrogens with one attached hydrogen (secondary N) is 2. The molecule has 2 aromatic heterocycles. The number of rotatable bonds is 4. The average Bonchev–Trinajstić information content (AvgIpc) is 3.23. The van der Waals surface area contributed by atoms with Crippen LogP contribution in [0.25, 0.3) is 11.4 Å². The lowest BCUT2D eigenvalue weighted by molar-refractivity contribution is -0.113. The van der Waals surface area contributed by atoms with Crippen LogP contribution in [0.5, 0.6) is 0 Å². The number of halogens is 2. The molecule has 1 aliphatic rings. The van der Waals surface area contributed by atoms with Crippen molar-refractivity contribution >= 4 is 40.7 Å². The normalized spacial score (nSPS) is 15.1. The Labute approximate surface area is 200 Å². The Balaban J connectivity index is 1.62. The number of carbonyl (C=O) groups excluding carboxylic acids is 1. The highest BCUT2D eigenvalue weighted by molar-refractivity contribution is 6.31. The first kappa shape index (κ1) is 21.2. The molecular formula is C24H18Cl2N6O. The van der Waals surface area contributed by atoms with E-state index < -0.39 is 6.04 Å². The predicted molar refractivity (Wildman–Crippen MR) is 129 cm³/mol. The number of anilines is 2. The summed E-state index contributed by atoms with van der Waals surface area (Å²) in [7, 11) is 0. The molecule has 33 heavy (non-hydrogen) atoms. The molecule has 1 atom stereocenters. The van der Waals surface area contributed by atoms with Gasteiger partial charge in [0.05, 0.1) is 17.5 Å². The molecule has 9 heteroatoms. The quantitative estimate of drug-likeness (QED) is 0.401. The van der Waals surface area contributed by atoms with Crippen molar-refractivity contribution in [2.75, 3.05) is 10.6 Å². The van der Waals surface area contributed by atoms with E-state index in [1.807, 2.05) is 37.3 Å². The van der Waals surface area contributed by atoms with E-state index in [0.717, 1.165) is 11.1 Å². The molecule has 0 spiro atoms. The van der Waals surface area contributed by atoms with Gasteiger partial charge in [-0.2, -0.15) is 4.98 Å². The Morgan fingerprint density at radius 2 is 1.85 bits per heavy atom. The van der Waals surface area contributed by atoms with Crippen LogP contribution in [0, 0.1) is 0 Å². The molecule has 4 aromatic rings. The molecule has 0 saturated carbocycles. The highest BCUT2D eigenvalue weighted by atomic mass is 35.5. The molecule has 2 N–H and O–H groups in total. The zero-order chi connectivity index (χ0) is 22.9. The number of allylic oxidation sites excluding steroid dienone is 1. The first-order valence-electron chi connectivity index (χ1n) is 10.2. The lowest BCUT2D eigenvalue weighted by Crippen LogP contribution is -2.31. The van der Waals surface area contributed by atoms with E-state index in [-0.39, 0.29) is 5.91 Å². The van der Waals surface area contributed by atoms with E-state index in [9.17, 15) is 4.79 Å². The predicted octanol–water partition coefficient (Wildman–Crippen LogP) is 5.57. The number of carbonyl (C=O) groups is 1. The summed E-state index contributed by atoms with van der Waals surface area (Å²) in [5, 5.41) is 12.0. The molecule has 0 fully saturated rings. The molecule has 0 aliphatic carbocycles. The number of pyridine rings is 1. The van der Waals surface area contributed by atoms with Crippen LogP contribution in [-0.4, -0.2) is 25.7 Å². The van der Waals surface area contributed by atoms with Crippen molar-refractivity contribution < 1.29 is 4.79 Å². The average molecular weight is 477 g/mol. The highest BCUT2D eigenvalue weighted by Crippen LogP contribution is 2.39. The Kier molecular flexibility index (Phi) is 5.58. The van der Waals surface area contributed by atoms with Crippen molar-refractivity contribution in [2.45, 2.75) is 13.0 Å². The van der Waals surface area contributed by atoms with E-state index in [0.29, 0.717) is 38.8 Å². The van der Waals surface area contributed by atoms with Crippen molar-refractivity contribution in [3.63, 3.8) is 0 Å². The minimum atomic E-state index is -0.583. The second kappa shape index (κ2) is 8.69. The van der Waals surface area contributed by atoms with Crippen LogP contribution >= 0.6 is 23.2 Å². The number of aromatic nitrogens is 4. The molecule has 0 bridgehead atoms. The Morgan fingerprint density at radius 1 is 1.06 bits per heavy atom. The topological polar surface area (TPSA) is 84.7 Å². The van der Waals surface area contributed by atoms with Gasteiger partial charge in [0, 0.05) is 33.1 Å². The third-order valence-corrected chi connectivity index (χ3v) is 5.92. The smallest absolute Gasteiger partial charge is 0.255 e. The zero-order valence-electron chi connectivity index (χ0n) is 17.5. The van der Waals surface area contributed by atoms with Crippen molar-refractivity contribution in [1.82, 2.24) is 19.7 Å². The summed E-state index contributed by atoms with van der Waals surface area (Å²) in [6, 6.07) is 17.6. The van der Waals surface area contributed by atoms with Gasteiger partial charge in [0.25, 0.3) is 5.91 Å². The van der Waals surface area contributed by atoms with Gasteiger partial charge in [-0.05, 0) is 49.4 Å². The van der Waals surface area contributed by atoms with Gasteiger partial charge in [0.15, 0.2) is 5.82 Å². The summed E-state index contributed by atoms with van der Waals surface area (Å²) >= 11 is 12.6. The molecule has 1 unspecified atom stereocenters. The van der Waals surface area contributed by atoms with Gasteiger partial charge >= 0.3 is 0 Å². The van der Waals surface area contributed by atoms with Crippen LogP contribution in [0.3, 0.4) is 0 Å². The molecule has 1 amide bonds. The van der Waals surface area contributed by atoms with E-state index in [2.05, 4.69) is 20.6 Å². The van der Waals surface area contributed by atoms with Gasteiger partial charge < -0.3 is 10.6 Å². The molecular weight excluding hydrogens is 459 g/mol. The molecule has 1 aliphatic heterocycles. The SMILES string of the molecule is CC1=C(C(=O)Nc2cccnc2)C(c2ccccc2Cl)n2nc(-c3ccc(Cl)cc3)nc2N1. The minimum Gasteiger partial charge on any atom is -0.328 e. The van der Waals surface area contributed by atoms with Crippen LogP contribution in [0.4, 0.5) is 11.6 Å². The molecule has 164 valence electrons. The van der Waals surface area contributed by atoms with Crippen molar-refractivity contribution in [3.8, 4) is 11.4 Å². The van der Waals surface area contributed by atoms with Crippen molar-refractivity contribution in [3.05, 3.63) is 99.9 Å². The zero-order valence-corrected chi connectivity index (χ0v) is 19.0. The van der Waals surface area contributed by atoms with Gasteiger partial charge in [-0.25, -0.2) is 4.68 Å². The molecule has 0 radical (unpaired) electrons. The monoisotopic (exact) mass is 476 g/mol. The molecule has 7 nitrogen and oxygen atoms in total. The molecule has 0 saturated heterocycles. The van der Waals surface area contributed by atoms with Gasteiger partial charge in [-0.15, -0.1) is 5.10 Å². The fraction of sp³-hybridized carbons (Fsp3) is 0.0833. The Hall–Kier alpha value is -3.68. The summed E-state index contributed by atoms with van der Waals surface area (Å²) in [6.07, 6.45) is 3.24. The van der Waals surface area contributed by atoms with Crippen LogP contribution in [-0.2, 0) is 4.79 Å². The number of hydrogen-bond donors (Lipinski definition) is 2. The Bertz CT molecular complexity index is 1370. The largest absolute Gasteiger partial charge is 0.328 e. The molecule has 2 aromatic carbocycles. The fourth-order valence-electron chi connectivity index (χ4n) is 3.79. The van der Waals surface area contributed by atoms with E-state index in [1.165, 1.54) is 0 Å². The number of benzene rings is 2. The second-order valence-corrected chi connectivity index (χ2v) is 8.34. The Morgan fingerprint density at radius 3 is 2.58 bits per heavy atom. The molecule has 5 rings (SSSR count). The van der Waals surface area contributed by atoms with Crippen molar-refractivity contribution in [2.24, 2.45) is 0 Å². The fourth-order valence-corrected chi connectivity index (χ4v) is 4.15. The van der Waals surface area contributed by atoms with Gasteiger partial charge in [0.2, 0.25) is 5.95 Å². The standard InChI is InChI=1S/C24H18Cl2N6O/c1-14-20(23(33)29-17-5-4-12-27-13-17)21(18-6-2-3-7-19(18)26)32-24(28-14)30-22(31-32)15-8-10-16(25)11-9-15/h2-13,21H,1H3,(H,29,33)(H,28,30,31). The summed E-state index contributed by atoms with van der Waals surface area (Å²) in [4.78, 5) is 22.2. The van der Waals surface area contributed by atoms with Crippen LogP contribution in [0.15, 0.2) is 84.3 Å². The second-order valence-electron chi connectivity index (χ2n) is 7.49. The number of amides is 1. The number of fused-ring (bicyclic) bond motifs is 1. The van der Waals surface area contributed by atoms with E-state index in [1.54, 1.807) is 47.4 Å². The van der Waals surface area contributed by atoms with Gasteiger partial charge in [-0.3, -0.25) is 9.78 Å². The third kappa shape index (κ3) is 4.08. The maximum Gasteiger partial charge on any atom is 0.255 e. The summed E-state index contributed by atoms with van der Waals surface area (Å²) in [5.41, 5.74) is 3.27. The maximum absolute atomic E-state index is 13.4. The summed E-state index contributed by atoms with van der Waals surface area (Å²) in [5.74, 6) is 0.736. The summed E-state index contributed by atoms with van der Waals surface area (Å²) in [6.45, 7) is 1.84. The first-order chi connectivity index (χ1) is 16.0. The molecule has 3 heterocycles. The van der Waals surface area contributed by atoms with Crippen LogP contribution in [0.2, 0.25) is 10.0 Å². The number of hydrogen-bond acceptors (Lipinski definition) is 5. The maximum atomic E-state index is 13.4. The third-order valence-electron chi connectivity index (χ3n) is 5.32. The lowest BCUT2D eigenvalue weighted by Gasteiger charge is -2.29. The summed E-state index contributed by atoms with van der Waals surface area (Å²) < 4.78 is 1.69. The van der Waals surface area contributed by atoms with E-state index >= 15 is 0 Å². The first-order valence-corrected chi connectivity index (χ1v) is 10.9. The van der Waals surface area contributed by atoms with Crippen LogP contribution < -0.4 is 10.6 Å². The lowest BCUT2D eigenvalue weighted by atomic mass is 9.95. The van der Waals surface area contributed by atoms with E-state index in [4.69, 9.17) is 28.3 Å². The number of nitrogens with zero attached hydrogens (tertiary/aromatic N) is 4. The van der Waals surface area contributed by atoms with Crippen molar-refractivity contribution in [1.29, 1.82) is 0 Å². The van der Waals surface area contributed by atoms with Crippen LogP contribution in [0.1, 0.15) is 18.5 Å². The van der Waals surface area contributed by atoms with Gasteiger partial charge in [0.1, 0.15) is 6.04 Å². The van der Waals surface area contributed by atoms with Gasteiger partial charge in [-0.1, -0.05) is 41.4 Å². The minimum absolute atomic E-state index is 0.285.